The van der Waals surface area contributed by atoms with Crippen LogP contribution in [0.15, 0.2) is 77.8 Å². The highest BCUT2D eigenvalue weighted by Crippen LogP contribution is 2.30. The molecule has 0 radical (unpaired) electrons. The molecule has 0 fully saturated rings. The van der Waals surface area contributed by atoms with Crippen LogP contribution < -0.4 is 9.46 Å². The van der Waals surface area contributed by atoms with Crippen molar-refractivity contribution in [3.05, 3.63) is 84.1 Å². The van der Waals surface area contributed by atoms with Crippen LogP contribution in [-0.4, -0.2) is 13.4 Å². The minimum atomic E-state index is -3.81. The van der Waals surface area contributed by atoms with Crippen molar-refractivity contribution in [2.45, 2.75) is 11.8 Å². The SMILES string of the molecule is Cc1ccc(NS(=O)(=O)c2ccc(Oc3ccccc3)cc2)c2[nH]cc(C#N)c12. The molecule has 0 bridgehead atoms. The van der Waals surface area contributed by atoms with E-state index in [1.54, 1.807) is 30.5 Å². The second kappa shape index (κ2) is 7.34. The molecule has 0 spiro atoms. The molecule has 0 unspecified atom stereocenters. The Hall–Kier alpha value is -3.76. The van der Waals surface area contributed by atoms with Gasteiger partial charge in [0.15, 0.2) is 0 Å². The van der Waals surface area contributed by atoms with Crippen LogP contribution in [0.2, 0.25) is 0 Å². The Labute approximate surface area is 168 Å². The van der Waals surface area contributed by atoms with Gasteiger partial charge >= 0.3 is 0 Å². The maximum Gasteiger partial charge on any atom is 0.261 e. The number of nitriles is 1. The molecule has 0 aliphatic heterocycles. The number of rotatable bonds is 5. The molecule has 0 saturated carbocycles. The monoisotopic (exact) mass is 403 g/mol. The van der Waals surface area contributed by atoms with Gasteiger partial charge in [0, 0.05) is 11.6 Å². The molecule has 4 rings (SSSR count). The van der Waals surface area contributed by atoms with Crippen molar-refractivity contribution in [3.8, 4) is 17.6 Å². The van der Waals surface area contributed by atoms with E-state index in [0.29, 0.717) is 33.7 Å². The molecule has 29 heavy (non-hydrogen) atoms. The summed E-state index contributed by atoms with van der Waals surface area (Å²) in [4.78, 5) is 3.10. The molecule has 4 aromatic rings. The summed E-state index contributed by atoms with van der Waals surface area (Å²) in [6.45, 7) is 1.88. The number of hydrogen-bond donors (Lipinski definition) is 2. The van der Waals surface area contributed by atoms with Crippen LogP contribution in [0.3, 0.4) is 0 Å². The number of aromatic amines is 1. The van der Waals surface area contributed by atoms with Gasteiger partial charge in [-0.05, 0) is 55.0 Å². The number of anilines is 1. The number of nitrogens with zero attached hydrogens (tertiary/aromatic N) is 1. The van der Waals surface area contributed by atoms with Crippen molar-refractivity contribution >= 4 is 26.6 Å². The van der Waals surface area contributed by atoms with E-state index >= 15 is 0 Å². The van der Waals surface area contributed by atoms with Crippen LogP contribution in [-0.2, 0) is 10.0 Å². The molecule has 6 nitrogen and oxygen atoms in total. The zero-order valence-corrected chi connectivity index (χ0v) is 16.3. The molecule has 3 aromatic carbocycles. The molecule has 0 amide bonds. The lowest BCUT2D eigenvalue weighted by atomic mass is 10.1. The first-order chi connectivity index (χ1) is 14.0. The summed E-state index contributed by atoms with van der Waals surface area (Å²) in [6.07, 6.45) is 1.57. The average molecular weight is 403 g/mol. The molecule has 1 heterocycles. The lowest BCUT2D eigenvalue weighted by Gasteiger charge is -2.11. The van der Waals surface area contributed by atoms with Gasteiger partial charge in [0.05, 0.1) is 21.7 Å². The van der Waals surface area contributed by atoms with E-state index in [1.165, 1.54) is 12.1 Å². The fourth-order valence-corrected chi connectivity index (χ4v) is 4.18. The van der Waals surface area contributed by atoms with Crippen LogP contribution in [0.1, 0.15) is 11.1 Å². The van der Waals surface area contributed by atoms with Gasteiger partial charge in [-0.25, -0.2) is 8.42 Å². The number of para-hydroxylation sites is 1. The molecule has 0 atom stereocenters. The Morgan fingerprint density at radius 3 is 2.34 bits per heavy atom. The number of ether oxygens (including phenoxy) is 1. The first-order valence-electron chi connectivity index (χ1n) is 8.84. The Kier molecular flexibility index (Phi) is 4.71. The number of aromatic nitrogens is 1. The highest BCUT2D eigenvalue weighted by atomic mass is 32.2. The van der Waals surface area contributed by atoms with E-state index in [4.69, 9.17) is 4.74 Å². The molecule has 0 aliphatic carbocycles. The van der Waals surface area contributed by atoms with Crippen molar-refractivity contribution in [2.75, 3.05) is 4.72 Å². The van der Waals surface area contributed by atoms with E-state index in [0.717, 1.165) is 5.56 Å². The van der Waals surface area contributed by atoms with Crippen LogP contribution in [0.5, 0.6) is 11.5 Å². The number of H-pyrrole nitrogens is 1. The largest absolute Gasteiger partial charge is 0.457 e. The summed E-state index contributed by atoms with van der Waals surface area (Å²) in [5.74, 6) is 1.21. The third kappa shape index (κ3) is 3.66. The molecular weight excluding hydrogens is 386 g/mol. The molecule has 2 N–H and O–H groups in total. The molecular formula is C22H17N3O3S. The Morgan fingerprint density at radius 2 is 1.66 bits per heavy atom. The van der Waals surface area contributed by atoms with E-state index in [9.17, 15) is 13.7 Å². The number of benzene rings is 3. The zero-order valence-electron chi connectivity index (χ0n) is 15.5. The normalized spacial score (nSPS) is 11.2. The average Bonchev–Trinajstić information content (AvgIpc) is 3.17. The zero-order chi connectivity index (χ0) is 20.4. The lowest BCUT2D eigenvalue weighted by molar-refractivity contribution is 0.482. The smallest absolute Gasteiger partial charge is 0.261 e. The molecule has 0 aliphatic rings. The van der Waals surface area contributed by atoms with Crippen molar-refractivity contribution < 1.29 is 13.2 Å². The first-order valence-corrected chi connectivity index (χ1v) is 10.3. The highest BCUT2D eigenvalue weighted by Gasteiger charge is 2.18. The van der Waals surface area contributed by atoms with Gasteiger partial charge in [0.2, 0.25) is 0 Å². The van der Waals surface area contributed by atoms with Crippen LogP contribution in [0, 0.1) is 18.3 Å². The standard InChI is InChI=1S/C22H17N3O3S/c1-15-7-12-20(22-21(15)16(13-23)14-24-22)25-29(26,27)19-10-8-18(9-11-19)28-17-5-3-2-4-6-17/h2-12,14,24-25H,1H3. The summed E-state index contributed by atoms with van der Waals surface area (Å²) < 4.78 is 34.0. The summed E-state index contributed by atoms with van der Waals surface area (Å²) in [5, 5.41) is 9.97. The van der Waals surface area contributed by atoms with Gasteiger partial charge in [-0.15, -0.1) is 0 Å². The Balaban J connectivity index is 1.61. The van der Waals surface area contributed by atoms with Crippen LogP contribution in [0.4, 0.5) is 5.69 Å². The molecule has 1 aromatic heterocycles. The summed E-state index contributed by atoms with van der Waals surface area (Å²) in [6, 6.07) is 21.0. The third-order valence-corrected chi connectivity index (χ3v) is 5.90. The summed E-state index contributed by atoms with van der Waals surface area (Å²) in [7, 11) is -3.81. The molecule has 7 heteroatoms. The summed E-state index contributed by atoms with van der Waals surface area (Å²) >= 11 is 0. The fourth-order valence-electron chi connectivity index (χ4n) is 3.11. The van der Waals surface area contributed by atoms with Crippen molar-refractivity contribution in [1.29, 1.82) is 5.26 Å². The van der Waals surface area contributed by atoms with E-state index < -0.39 is 10.0 Å². The Bertz CT molecular complexity index is 1320. The van der Waals surface area contributed by atoms with Gasteiger partial charge in [-0.1, -0.05) is 24.3 Å². The maximum absolute atomic E-state index is 12.8. The number of fused-ring (bicyclic) bond motifs is 1. The third-order valence-electron chi connectivity index (χ3n) is 4.52. The minimum Gasteiger partial charge on any atom is -0.457 e. The van der Waals surface area contributed by atoms with Gasteiger partial charge in [-0.2, -0.15) is 5.26 Å². The minimum absolute atomic E-state index is 0.110. The topological polar surface area (TPSA) is 95.0 Å². The van der Waals surface area contributed by atoms with Crippen molar-refractivity contribution in [2.24, 2.45) is 0 Å². The quantitative estimate of drug-likeness (QED) is 0.493. The van der Waals surface area contributed by atoms with Gasteiger partial charge in [0.1, 0.15) is 17.6 Å². The number of nitrogens with one attached hydrogen (secondary N) is 2. The number of aryl methyl sites for hydroxylation is 1. The van der Waals surface area contributed by atoms with E-state index in [2.05, 4.69) is 15.8 Å². The first kappa shape index (κ1) is 18.6. The number of sulfonamides is 1. The molecule has 144 valence electrons. The maximum atomic E-state index is 12.8. The predicted molar refractivity (Wildman–Crippen MR) is 112 cm³/mol. The van der Waals surface area contributed by atoms with Crippen molar-refractivity contribution in [3.63, 3.8) is 0 Å². The second-order valence-corrected chi connectivity index (χ2v) is 8.17. The predicted octanol–water partition coefficient (Wildman–Crippen LogP) is 4.94. The summed E-state index contributed by atoms with van der Waals surface area (Å²) in [5.41, 5.74) is 2.33. The van der Waals surface area contributed by atoms with Gasteiger partial charge in [0.25, 0.3) is 10.0 Å². The lowest BCUT2D eigenvalue weighted by Crippen LogP contribution is -2.13. The fraction of sp³-hybridized carbons (Fsp3) is 0.0455. The second-order valence-electron chi connectivity index (χ2n) is 6.49. The van der Waals surface area contributed by atoms with Crippen molar-refractivity contribution in [1.82, 2.24) is 4.98 Å². The molecule has 0 saturated heterocycles. The van der Waals surface area contributed by atoms with Crippen LogP contribution in [0.25, 0.3) is 10.9 Å². The van der Waals surface area contributed by atoms with Crippen LogP contribution >= 0.6 is 0 Å². The highest BCUT2D eigenvalue weighted by molar-refractivity contribution is 7.92. The van der Waals surface area contributed by atoms with Gasteiger partial charge in [-0.3, -0.25) is 4.72 Å². The Morgan fingerprint density at radius 1 is 0.966 bits per heavy atom. The van der Waals surface area contributed by atoms with E-state index in [-0.39, 0.29) is 4.90 Å². The van der Waals surface area contributed by atoms with E-state index in [1.807, 2.05) is 37.3 Å². The number of hydrogen-bond acceptors (Lipinski definition) is 4. The van der Waals surface area contributed by atoms with Gasteiger partial charge < -0.3 is 9.72 Å².